The van der Waals surface area contributed by atoms with Gasteiger partial charge < -0.3 is 24.6 Å². The molecule has 1 rings (SSSR count). The molecule has 2 N–H and O–H groups in total. The number of benzene rings is 1. The van der Waals surface area contributed by atoms with Crippen molar-refractivity contribution in [1.29, 1.82) is 0 Å². The normalized spacial score (nSPS) is 12.2. The Morgan fingerprint density at radius 3 is 2.65 bits per heavy atom. The van der Waals surface area contributed by atoms with Crippen molar-refractivity contribution in [2.24, 2.45) is 0 Å². The Hall–Kier alpha value is -1.01. The van der Waals surface area contributed by atoms with E-state index < -0.39 is 6.10 Å². The first-order chi connectivity index (χ1) is 9.62. The van der Waals surface area contributed by atoms with E-state index in [2.05, 4.69) is 5.32 Å². The third-order valence-electron chi connectivity index (χ3n) is 2.65. The van der Waals surface area contributed by atoms with Crippen LogP contribution in [-0.2, 0) is 11.3 Å². The molecule has 0 bridgehead atoms. The molecule has 0 heterocycles. The van der Waals surface area contributed by atoms with Crippen molar-refractivity contribution in [3.05, 3.63) is 22.7 Å². The number of aliphatic hydroxyl groups is 1. The zero-order valence-corrected chi connectivity index (χ0v) is 12.9. The summed E-state index contributed by atoms with van der Waals surface area (Å²) in [6, 6.07) is 3.69. The Morgan fingerprint density at radius 2 is 2.05 bits per heavy atom. The van der Waals surface area contributed by atoms with Gasteiger partial charge in [-0.2, -0.15) is 0 Å². The standard InChI is InChI=1S/C14H22ClNO4/c1-4-16-7-10-5-12(15)14(13(6-10)19-3)20-9-11(17)8-18-2/h5-6,11,16-17H,4,7-9H2,1-3H3. The zero-order chi connectivity index (χ0) is 15.0. The third kappa shape index (κ3) is 5.17. The van der Waals surface area contributed by atoms with Gasteiger partial charge in [0.2, 0.25) is 0 Å². The van der Waals surface area contributed by atoms with Crippen molar-refractivity contribution in [3.8, 4) is 11.5 Å². The number of rotatable bonds is 9. The summed E-state index contributed by atoms with van der Waals surface area (Å²) in [4.78, 5) is 0. The van der Waals surface area contributed by atoms with Gasteiger partial charge in [-0.25, -0.2) is 0 Å². The molecule has 0 saturated carbocycles. The molecule has 1 aromatic carbocycles. The first kappa shape index (κ1) is 17.0. The van der Waals surface area contributed by atoms with Gasteiger partial charge in [0.15, 0.2) is 11.5 Å². The number of ether oxygens (including phenoxy) is 3. The first-order valence-electron chi connectivity index (χ1n) is 6.49. The summed E-state index contributed by atoms with van der Waals surface area (Å²) in [6.45, 7) is 3.92. The van der Waals surface area contributed by atoms with Crippen LogP contribution in [0.15, 0.2) is 12.1 Å². The van der Waals surface area contributed by atoms with Crippen LogP contribution in [0.1, 0.15) is 12.5 Å². The number of aliphatic hydroxyl groups excluding tert-OH is 1. The molecule has 0 spiro atoms. The highest BCUT2D eigenvalue weighted by molar-refractivity contribution is 6.32. The van der Waals surface area contributed by atoms with Crippen LogP contribution in [0.5, 0.6) is 11.5 Å². The molecule has 1 unspecified atom stereocenters. The van der Waals surface area contributed by atoms with Crippen molar-refractivity contribution in [3.63, 3.8) is 0 Å². The van der Waals surface area contributed by atoms with E-state index in [1.807, 2.05) is 19.1 Å². The zero-order valence-electron chi connectivity index (χ0n) is 12.1. The summed E-state index contributed by atoms with van der Waals surface area (Å²) in [6.07, 6.45) is -0.706. The van der Waals surface area contributed by atoms with Crippen LogP contribution in [0, 0.1) is 0 Å². The first-order valence-corrected chi connectivity index (χ1v) is 6.87. The third-order valence-corrected chi connectivity index (χ3v) is 2.93. The average Bonchev–Trinajstić information content (AvgIpc) is 2.43. The molecule has 0 fully saturated rings. The number of halogens is 1. The van der Waals surface area contributed by atoms with Gasteiger partial charge in [-0.1, -0.05) is 18.5 Å². The van der Waals surface area contributed by atoms with E-state index in [0.717, 1.165) is 12.1 Å². The minimum Gasteiger partial charge on any atom is -0.493 e. The SMILES string of the molecule is CCNCc1cc(Cl)c(OCC(O)COC)c(OC)c1. The van der Waals surface area contributed by atoms with Crippen molar-refractivity contribution in [2.75, 3.05) is 34.0 Å². The van der Waals surface area contributed by atoms with E-state index in [-0.39, 0.29) is 13.2 Å². The quantitative estimate of drug-likeness (QED) is 0.729. The molecule has 114 valence electrons. The summed E-state index contributed by atoms with van der Waals surface area (Å²) in [7, 11) is 3.08. The monoisotopic (exact) mass is 303 g/mol. The van der Waals surface area contributed by atoms with E-state index in [1.54, 1.807) is 7.11 Å². The van der Waals surface area contributed by atoms with E-state index in [1.165, 1.54) is 7.11 Å². The largest absolute Gasteiger partial charge is 0.493 e. The molecular weight excluding hydrogens is 282 g/mol. The van der Waals surface area contributed by atoms with Crippen molar-refractivity contribution >= 4 is 11.6 Å². The second-order valence-electron chi connectivity index (χ2n) is 4.31. The molecule has 5 nitrogen and oxygen atoms in total. The fourth-order valence-electron chi connectivity index (χ4n) is 1.70. The number of methoxy groups -OCH3 is 2. The lowest BCUT2D eigenvalue weighted by molar-refractivity contribution is 0.0319. The van der Waals surface area contributed by atoms with Gasteiger partial charge in [-0.3, -0.25) is 0 Å². The van der Waals surface area contributed by atoms with Gasteiger partial charge in [0.1, 0.15) is 12.7 Å². The maximum absolute atomic E-state index is 9.59. The Morgan fingerprint density at radius 1 is 1.30 bits per heavy atom. The molecule has 1 aromatic rings. The Kier molecular flexibility index (Phi) is 7.69. The fourth-order valence-corrected chi connectivity index (χ4v) is 1.99. The summed E-state index contributed by atoms with van der Waals surface area (Å²) < 4.78 is 15.7. The summed E-state index contributed by atoms with van der Waals surface area (Å²) in [5.74, 6) is 0.986. The van der Waals surface area contributed by atoms with Gasteiger partial charge in [-0.15, -0.1) is 0 Å². The number of hydrogen-bond donors (Lipinski definition) is 2. The molecular formula is C14H22ClNO4. The lowest BCUT2D eigenvalue weighted by Crippen LogP contribution is -2.23. The van der Waals surface area contributed by atoms with Gasteiger partial charge in [0, 0.05) is 13.7 Å². The topological polar surface area (TPSA) is 60.0 Å². The molecule has 20 heavy (non-hydrogen) atoms. The number of hydrogen-bond acceptors (Lipinski definition) is 5. The average molecular weight is 304 g/mol. The fraction of sp³-hybridized carbons (Fsp3) is 0.571. The molecule has 0 amide bonds. The minimum atomic E-state index is -0.706. The maximum Gasteiger partial charge on any atom is 0.179 e. The van der Waals surface area contributed by atoms with Crippen LogP contribution in [0.25, 0.3) is 0 Å². The van der Waals surface area contributed by atoms with Gasteiger partial charge in [0.25, 0.3) is 0 Å². The maximum atomic E-state index is 9.59. The molecule has 6 heteroatoms. The number of nitrogens with one attached hydrogen (secondary N) is 1. The van der Waals surface area contributed by atoms with E-state index in [9.17, 15) is 5.11 Å². The van der Waals surface area contributed by atoms with Gasteiger partial charge in [-0.05, 0) is 24.2 Å². The summed E-state index contributed by atoms with van der Waals surface area (Å²) in [5.41, 5.74) is 1.01. The predicted octanol–water partition coefficient (Wildman–Crippen LogP) is 1.84. The molecule has 1 atom stereocenters. The molecule has 0 saturated heterocycles. The van der Waals surface area contributed by atoms with Gasteiger partial charge in [0.05, 0.1) is 18.7 Å². The second kappa shape index (κ2) is 9.02. The van der Waals surface area contributed by atoms with Crippen LogP contribution < -0.4 is 14.8 Å². The highest BCUT2D eigenvalue weighted by atomic mass is 35.5. The smallest absolute Gasteiger partial charge is 0.179 e. The highest BCUT2D eigenvalue weighted by Gasteiger charge is 2.14. The van der Waals surface area contributed by atoms with Crippen LogP contribution in [0.4, 0.5) is 0 Å². The lowest BCUT2D eigenvalue weighted by Gasteiger charge is -2.16. The van der Waals surface area contributed by atoms with Crippen molar-refractivity contribution in [2.45, 2.75) is 19.6 Å². The van der Waals surface area contributed by atoms with Crippen LogP contribution in [0.3, 0.4) is 0 Å². The Bertz CT molecular complexity index is 414. The highest BCUT2D eigenvalue weighted by Crippen LogP contribution is 2.36. The van der Waals surface area contributed by atoms with Crippen molar-refractivity contribution in [1.82, 2.24) is 5.32 Å². The van der Waals surface area contributed by atoms with Crippen LogP contribution >= 0.6 is 11.6 Å². The summed E-state index contributed by atoms with van der Waals surface area (Å²) in [5, 5.41) is 13.3. The molecule has 0 aliphatic heterocycles. The van der Waals surface area contributed by atoms with Crippen LogP contribution in [-0.4, -0.2) is 45.2 Å². The predicted molar refractivity (Wildman–Crippen MR) is 78.8 cm³/mol. The van der Waals surface area contributed by atoms with Crippen LogP contribution in [0.2, 0.25) is 5.02 Å². The van der Waals surface area contributed by atoms with Crippen molar-refractivity contribution < 1.29 is 19.3 Å². The molecule has 0 aromatic heterocycles. The van der Waals surface area contributed by atoms with E-state index in [4.69, 9.17) is 25.8 Å². The summed E-state index contributed by atoms with van der Waals surface area (Å²) >= 11 is 6.21. The molecule has 0 aliphatic rings. The lowest BCUT2D eigenvalue weighted by atomic mass is 10.2. The van der Waals surface area contributed by atoms with Gasteiger partial charge >= 0.3 is 0 Å². The second-order valence-corrected chi connectivity index (χ2v) is 4.72. The molecule has 0 aliphatic carbocycles. The van der Waals surface area contributed by atoms with E-state index in [0.29, 0.717) is 23.1 Å². The minimum absolute atomic E-state index is 0.0937. The Labute approximate surface area is 124 Å². The Balaban J connectivity index is 2.79. The van der Waals surface area contributed by atoms with E-state index >= 15 is 0 Å². The molecule has 0 radical (unpaired) electrons.